The molecule has 5 heteroatoms. The lowest BCUT2D eigenvalue weighted by atomic mass is 10.4. The molecular weight excluding hydrogens is 158 g/mol. The molecule has 0 saturated carbocycles. The first-order valence-corrected chi connectivity index (χ1v) is 3.33. The van der Waals surface area contributed by atoms with Gasteiger partial charge in [0, 0.05) is 24.8 Å². The summed E-state index contributed by atoms with van der Waals surface area (Å²) in [6, 6.07) is -0.731. The molecular formula is C7H11N3O2. The molecule has 3 N–H and O–H groups in total. The molecule has 1 aromatic heterocycles. The van der Waals surface area contributed by atoms with Gasteiger partial charge < -0.3 is 10.8 Å². The molecule has 0 saturated heterocycles. The van der Waals surface area contributed by atoms with Crippen LogP contribution in [0.4, 0.5) is 0 Å². The number of hydrogen-bond donors (Lipinski definition) is 2. The third kappa shape index (κ3) is 6.63. The number of nitrogens with two attached hydrogens (primary N) is 1. The third-order valence-corrected chi connectivity index (χ3v) is 0.867. The van der Waals surface area contributed by atoms with Gasteiger partial charge in [0.05, 0.1) is 0 Å². The van der Waals surface area contributed by atoms with E-state index < -0.39 is 12.0 Å². The first kappa shape index (κ1) is 10.5. The van der Waals surface area contributed by atoms with E-state index in [-0.39, 0.29) is 0 Å². The van der Waals surface area contributed by atoms with E-state index in [0.717, 1.165) is 0 Å². The standard InChI is InChI=1S/C4H4N2.C3H7NO2/c1-2-6-4-3-5-1;1-2(4)3(5)6/h1-4H;2H,4H2,1H3,(H,5,6)/t;2-/m.0/s1. The molecule has 0 unspecified atom stereocenters. The summed E-state index contributed by atoms with van der Waals surface area (Å²) >= 11 is 0. The minimum absolute atomic E-state index is 0.731. The van der Waals surface area contributed by atoms with Crippen LogP contribution in [0, 0.1) is 0 Å². The molecule has 0 bridgehead atoms. The van der Waals surface area contributed by atoms with Gasteiger partial charge in [-0.1, -0.05) is 0 Å². The summed E-state index contributed by atoms with van der Waals surface area (Å²) < 4.78 is 0. The highest BCUT2D eigenvalue weighted by molar-refractivity contribution is 5.72. The maximum Gasteiger partial charge on any atom is 0.320 e. The SMILES string of the molecule is C[C@H](N)C(=O)O.c1cnccn1. The van der Waals surface area contributed by atoms with Crippen molar-refractivity contribution in [3.05, 3.63) is 24.8 Å². The normalized spacial score (nSPS) is 10.8. The Kier molecular flexibility index (Phi) is 5.46. The van der Waals surface area contributed by atoms with Crippen LogP contribution in [-0.2, 0) is 4.79 Å². The van der Waals surface area contributed by atoms with Crippen LogP contribution in [0.25, 0.3) is 0 Å². The van der Waals surface area contributed by atoms with E-state index >= 15 is 0 Å². The van der Waals surface area contributed by atoms with Gasteiger partial charge in [0.15, 0.2) is 0 Å². The number of aromatic nitrogens is 2. The molecule has 0 aliphatic heterocycles. The van der Waals surface area contributed by atoms with E-state index in [9.17, 15) is 4.79 Å². The molecule has 5 nitrogen and oxygen atoms in total. The molecule has 0 aliphatic carbocycles. The second-order valence-corrected chi connectivity index (χ2v) is 2.02. The summed E-state index contributed by atoms with van der Waals surface area (Å²) in [7, 11) is 0. The van der Waals surface area contributed by atoms with Gasteiger partial charge in [-0.25, -0.2) is 0 Å². The highest BCUT2D eigenvalue weighted by Gasteiger charge is 1.99. The number of carboxylic acid groups (broad SMARTS) is 1. The Morgan fingerprint density at radius 1 is 1.33 bits per heavy atom. The zero-order valence-corrected chi connectivity index (χ0v) is 6.71. The van der Waals surface area contributed by atoms with Gasteiger partial charge in [-0.2, -0.15) is 0 Å². The van der Waals surface area contributed by atoms with Gasteiger partial charge in [0.1, 0.15) is 6.04 Å². The summed E-state index contributed by atoms with van der Waals surface area (Å²) in [4.78, 5) is 17.0. The van der Waals surface area contributed by atoms with Crippen LogP contribution in [0.5, 0.6) is 0 Å². The van der Waals surface area contributed by atoms with E-state index in [1.165, 1.54) is 6.92 Å². The Morgan fingerprint density at radius 3 is 1.67 bits per heavy atom. The zero-order chi connectivity index (χ0) is 9.40. The fourth-order valence-corrected chi connectivity index (χ4v) is 0.253. The minimum Gasteiger partial charge on any atom is -0.480 e. The summed E-state index contributed by atoms with van der Waals surface area (Å²) in [6.45, 7) is 1.42. The van der Waals surface area contributed by atoms with Crippen molar-refractivity contribution in [3.63, 3.8) is 0 Å². The Labute approximate surface area is 70.3 Å². The fraction of sp³-hybridized carbons (Fsp3) is 0.286. The summed E-state index contributed by atoms with van der Waals surface area (Å²) in [5.74, 6) is -0.963. The number of aliphatic carboxylic acids is 1. The number of hydrogen-bond acceptors (Lipinski definition) is 4. The molecule has 1 rings (SSSR count). The molecule has 66 valence electrons. The number of rotatable bonds is 1. The number of carboxylic acids is 1. The van der Waals surface area contributed by atoms with Crippen LogP contribution in [0.1, 0.15) is 6.92 Å². The molecule has 1 aromatic rings. The molecule has 0 radical (unpaired) electrons. The van der Waals surface area contributed by atoms with Gasteiger partial charge in [-0.15, -0.1) is 0 Å². The second-order valence-electron chi connectivity index (χ2n) is 2.02. The molecule has 0 aromatic carbocycles. The lowest BCUT2D eigenvalue weighted by Crippen LogP contribution is -2.25. The van der Waals surface area contributed by atoms with Gasteiger partial charge >= 0.3 is 5.97 Å². The van der Waals surface area contributed by atoms with Gasteiger partial charge in [0.25, 0.3) is 0 Å². The van der Waals surface area contributed by atoms with Crippen molar-refractivity contribution in [2.45, 2.75) is 13.0 Å². The fourth-order valence-electron chi connectivity index (χ4n) is 0.253. The lowest BCUT2D eigenvalue weighted by Gasteiger charge is -1.90. The smallest absolute Gasteiger partial charge is 0.320 e. The molecule has 1 atom stereocenters. The average Bonchev–Trinajstić information content (AvgIpc) is 2.08. The molecule has 0 aliphatic rings. The maximum absolute atomic E-state index is 9.57. The van der Waals surface area contributed by atoms with Gasteiger partial charge in [0.2, 0.25) is 0 Å². The van der Waals surface area contributed by atoms with E-state index in [1.807, 2.05) is 0 Å². The largest absolute Gasteiger partial charge is 0.480 e. The van der Waals surface area contributed by atoms with Crippen LogP contribution < -0.4 is 5.73 Å². The average molecular weight is 169 g/mol. The van der Waals surface area contributed by atoms with Gasteiger partial charge in [-0.05, 0) is 6.92 Å². The lowest BCUT2D eigenvalue weighted by molar-refractivity contribution is -0.138. The number of nitrogens with zero attached hydrogens (tertiary/aromatic N) is 2. The predicted octanol–water partition coefficient (Wildman–Crippen LogP) is -0.105. The zero-order valence-electron chi connectivity index (χ0n) is 6.71. The number of carbonyl (C=O) groups is 1. The maximum atomic E-state index is 9.57. The Bertz CT molecular complexity index is 186. The van der Waals surface area contributed by atoms with Crippen molar-refractivity contribution < 1.29 is 9.90 Å². The molecule has 0 spiro atoms. The molecule has 12 heavy (non-hydrogen) atoms. The van der Waals surface area contributed by atoms with Crippen molar-refractivity contribution in [3.8, 4) is 0 Å². The minimum atomic E-state index is -0.963. The predicted molar refractivity (Wildman–Crippen MR) is 43.3 cm³/mol. The molecule has 0 fully saturated rings. The first-order valence-electron chi connectivity index (χ1n) is 3.33. The van der Waals surface area contributed by atoms with E-state index in [2.05, 4.69) is 9.97 Å². The topological polar surface area (TPSA) is 89.1 Å². The molecule has 0 amide bonds. The van der Waals surface area contributed by atoms with Gasteiger partial charge in [-0.3, -0.25) is 14.8 Å². The van der Waals surface area contributed by atoms with Crippen LogP contribution in [-0.4, -0.2) is 27.1 Å². The Morgan fingerprint density at radius 2 is 1.58 bits per heavy atom. The van der Waals surface area contributed by atoms with Crippen molar-refractivity contribution in [1.29, 1.82) is 0 Å². The van der Waals surface area contributed by atoms with Crippen molar-refractivity contribution in [2.75, 3.05) is 0 Å². The van der Waals surface area contributed by atoms with Crippen LogP contribution in [0.15, 0.2) is 24.8 Å². The van der Waals surface area contributed by atoms with Crippen molar-refractivity contribution in [1.82, 2.24) is 9.97 Å². The summed E-state index contributed by atoms with van der Waals surface area (Å²) in [5, 5.41) is 7.87. The highest BCUT2D eigenvalue weighted by atomic mass is 16.4. The second kappa shape index (κ2) is 6.23. The molecule has 1 heterocycles. The van der Waals surface area contributed by atoms with Crippen LogP contribution >= 0.6 is 0 Å². The highest BCUT2D eigenvalue weighted by Crippen LogP contribution is 1.68. The van der Waals surface area contributed by atoms with E-state index in [0.29, 0.717) is 0 Å². The van der Waals surface area contributed by atoms with E-state index in [1.54, 1.807) is 24.8 Å². The monoisotopic (exact) mass is 169 g/mol. The van der Waals surface area contributed by atoms with Crippen molar-refractivity contribution >= 4 is 5.97 Å². The Hall–Kier alpha value is -1.49. The first-order chi connectivity index (χ1) is 5.64. The van der Waals surface area contributed by atoms with Crippen LogP contribution in [0.2, 0.25) is 0 Å². The van der Waals surface area contributed by atoms with Crippen molar-refractivity contribution in [2.24, 2.45) is 5.73 Å². The Balaban J connectivity index is 0.000000202. The summed E-state index contributed by atoms with van der Waals surface area (Å²) in [5.41, 5.74) is 4.84. The quantitative estimate of drug-likeness (QED) is 0.612. The van der Waals surface area contributed by atoms with E-state index in [4.69, 9.17) is 10.8 Å². The third-order valence-electron chi connectivity index (χ3n) is 0.867. The van der Waals surface area contributed by atoms with Crippen LogP contribution in [0.3, 0.4) is 0 Å². The summed E-state index contributed by atoms with van der Waals surface area (Å²) in [6.07, 6.45) is 6.56.